The Hall–Kier alpha value is -1.73. The van der Waals surface area contributed by atoms with E-state index in [1.165, 1.54) is 30.3 Å². The quantitative estimate of drug-likeness (QED) is 0.609. The third kappa shape index (κ3) is 3.18. The summed E-state index contributed by atoms with van der Waals surface area (Å²) in [6.45, 7) is -0.564. The fourth-order valence-electron chi connectivity index (χ4n) is 1.48. The summed E-state index contributed by atoms with van der Waals surface area (Å²) < 4.78 is 12.9. The normalized spacial score (nSPS) is 17.3. The van der Waals surface area contributed by atoms with Gasteiger partial charge in [-0.2, -0.15) is 0 Å². The maximum atomic E-state index is 12.8. The van der Waals surface area contributed by atoms with E-state index in [-0.39, 0.29) is 10.1 Å². The lowest BCUT2D eigenvalue weighted by Crippen LogP contribution is -2.40. The number of nitrogens with zero attached hydrogens (tertiary/aromatic N) is 1. The van der Waals surface area contributed by atoms with E-state index >= 15 is 0 Å². The zero-order valence-electron chi connectivity index (χ0n) is 9.46. The van der Waals surface area contributed by atoms with Crippen LogP contribution in [0.1, 0.15) is 5.56 Å². The average molecular weight is 296 g/mol. The molecule has 0 unspecified atom stereocenters. The van der Waals surface area contributed by atoms with Gasteiger partial charge in [0.15, 0.2) is 0 Å². The summed E-state index contributed by atoms with van der Waals surface area (Å²) in [4.78, 5) is 23.7. The lowest BCUT2D eigenvalue weighted by Gasteiger charge is -2.14. The number of hydrogen-bond acceptors (Lipinski definition) is 5. The number of carbonyl (C=O) groups is 2. The molecule has 0 atom stereocenters. The minimum absolute atomic E-state index is 0.169. The molecule has 1 saturated heterocycles. The number of aliphatic carboxylic acids is 1. The number of carboxylic acids is 1. The first-order chi connectivity index (χ1) is 8.97. The van der Waals surface area contributed by atoms with E-state index in [0.29, 0.717) is 10.5 Å². The van der Waals surface area contributed by atoms with Crippen LogP contribution in [-0.2, 0) is 9.59 Å². The Bertz CT molecular complexity index is 583. The van der Waals surface area contributed by atoms with Crippen molar-refractivity contribution >= 4 is 46.3 Å². The minimum Gasteiger partial charge on any atom is -0.548 e. The SMILES string of the molecule is O=C([O-])CN1C(=O)C(=Cc2ccc(F)cc2)SC1=S. The van der Waals surface area contributed by atoms with Crippen LogP contribution >= 0.6 is 24.0 Å². The maximum absolute atomic E-state index is 12.8. The first-order valence-electron chi connectivity index (χ1n) is 5.18. The third-order valence-corrected chi connectivity index (χ3v) is 3.71. The predicted octanol–water partition coefficient (Wildman–Crippen LogP) is 0.777. The van der Waals surface area contributed by atoms with Crippen LogP contribution in [0.5, 0.6) is 0 Å². The second-order valence-corrected chi connectivity index (χ2v) is 5.37. The van der Waals surface area contributed by atoms with Crippen molar-refractivity contribution in [2.24, 2.45) is 0 Å². The van der Waals surface area contributed by atoms with Gasteiger partial charge < -0.3 is 9.90 Å². The second kappa shape index (κ2) is 5.50. The summed E-state index contributed by atoms with van der Waals surface area (Å²) in [5, 5.41) is 10.5. The lowest BCUT2D eigenvalue weighted by atomic mass is 10.2. The van der Waals surface area contributed by atoms with Crippen LogP contribution in [0, 0.1) is 5.82 Å². The van der Waals surface area contributed by atoms with Gasteiger partial charge in [0, 0.05) is 0 Å². The average Bonchev–Trinajstić information content (AvgIpc) is 2.60. The first kappa shape index (κ1) is 13.7. The van der Waals surface area contributed by atoms with Gasteiger partial charge in [-0.05, 0) is 23.8 Å². The van der Waals surface area contributed by atoms with Gasteiger partial charge in [-0.15, -0.1) is 0 Å². The molecule has 4 nitrogen and oxygen atoms in total. The van der Waals surface area contributed by atoms with Crippen molar-refractivity contribution in [2.75, 3.05) is 6.54 Å². The van der Waals surface area contributed by atoms with Gasteiger partial charge in [0.05, 0.1) is 17.4 Å². The molecule has 1 aromatic rings. The summed E-state index contributed by atoms with van der Waals surface area (Å²) in [5.74, 6) is -2.23. The van der Waals surface area contributed by atoms with E-state index < -0.39 is 18.4 Å². The van der Waals surface area contributed by atoms with Crippen molar-refractivity contribution in [3.8, 4) is 0 Å². The van der Waals surface area contributed by atoms with E-state index in [4.69, 9.17) is 12.2 Å². The van der Waals surface area contributed by atoms with Crippen LogP contribution in [0.3, 0.4) is 0 Å². The smallest absolute Gasteiger partial charge is 0.266 e. The summed E-state index contributed by atoms with van der Waals surface area (Å²) >= 11 is 5.93. The molecule has 0 N–H and O–H groups in total. The Labute approximate surface area is 117 Å². The second-order valence-electron chi connectivity index (χ2n) is 3.69. The molecule has 1 aliphatic rings. The molecule has 1 aliphatic heterocycles. The van der Waals surface area contributed by atoms with Crippen LogP contribution < -0.4 is 5.11 Å². The largest absolute Gasteiger partial charge is 0.548 e. The number of amides is 1. The molecule has 1 fully saturated rings. The zero-order valence-corrected chi connectivity index (χ0v) is 11.1. The Balaban J connectivity index is 2.23. The van der Waals surface area contributed by atoms with Gasteiger partial charge in [-0.1, -0.05) is 36.1 Å². The molecule has 7 heteroatoms. The van der Waals surface area contributed by atoms with Gasteiger partial charge in [0.25, 0.3) is 5.91 Å². The van der Waals surface area contributed by atoms with Gasteiger partial charge in [0.2, 0.25) is 0 Å². The van der Waals surface area contributed by atoms with E-state index in [2.05, 4.69) is 0 Å². The highest BCUT2D eigenvalue weighted by molar-refractivity contribution is 8.26. The minimum atomic E-state index is -1.38. The van der Waals surface area contributed by atoms with Crippen molar-refractivity contribution in [2.45, 2.75) is 0 Å². The van der Waals surface area contributed by atoms with Gasteiger partial charge in [0.1, 0.15) is 10.1 Å². The highest BCUT2D eigenvalue weighted by atomic mass is 32.2. The topological polar surface area (TPSA) is 60.4 Å². The molecule has 1 amide bonds. The van der Waals surface area contributed by atoms with Crippen LogP contribution in [-0.4, -0.2) is 27.6 Å². The van der Waals surface area contributed by atoms with E-state index in [9.17, 15) is 19.1 Å². The highest BCUT2D eigenvalue weighted by Gasteiger charge is 2.31. The van der Waals surface area contributed by atoms with Crippen molar-refractivity contribution in [3.63, 3.8) is 0 Å². The van der Waals surface area contributed by atoms with Crippen LogP contribution in [0.25, 0.3) is 6.08 Å². The summed E-state index contributed by atoms with van der Waals surface area (Å²) in [5.41, 5.74) is 0.635. The van der Waals surface area contributed by atoms with Gasteiger partial charge in [-0.25, -0.2) is 4.39 Å². The summed E-state index contributed by atoms with van der Waals surface area (Å²) in [6, 6.07) is 5.57. The van der Waals surface area contributed by atoms with Gasteiger partial charge in [-0.3, -0.25) is 9.69 Å². The number of halogens is 1. The van der Waals surface area contributed by atoms with Crippen molar-refractivity contribution < 1.29 is 19.1 Å². The van der Waals surface area contributed by atoms with Crippen molar-refractivity contribution in [1.29, 1.82) is 0 Å². The van der Waals surface area contributed by atoms with Gasteiger partial charge >= 0.3 is 0 Å². The molecule has 0 saturated carbocycles. The van der Waals surface area contributed by atoms with E-state index in [0.717, 1.165) is 16.7 Å². The Morgan fingerprint density at radius 1 is 1.42 bits per heavy atom. The molecule has 0 radical (unpaired) electrons. The predicted molar refractivity (Wildman–Crippen MR) is 71.3 cm³/mol. The maximum Gasteiger partial charge on any atom is 0.266 e. The molecule has 0 aromatic heterocycles. The highest BCUT2D eigenvalue weighted by Crippen LogP contribution is 2.32. The van der Waals surface area contributed by atoms with Crippen LogP contribution in [0.15, 0.2) is 29.2 Å². The molecule has 0 aliphatic carbocycles. The number of hydrogen-bond donors (Lipinski definition) is 0. The molecule has 19 heavy (non-hydrogen) atoms. The molecule has 98 valence electrons. The molecule has 2 rings (SSSR count). The monoisotopic (exact) mass is 296 g/mol. The number of thiocarbonyl (C=S) groups is 1. The van der Waals surface area contributed by atoms with Crippen molar-refractivity contribution in [1.82, 2.24) is 4.90 Å². The fraction of sp³-hybridized carbons (Fsp3) is 0.0833. The van der Waals surface area contributed by atoms with Crippen LogP contribution in [0.4, 0.5) is 4.39 Å². The van der Waals surface area contributed by atoms with E-state index in [1.807, 2.05) is 0 Å². The Kier molecular flexibility index (Phi) is 3.96. The van der Waals surface area contributed by atoms with Crippen LogP contribution in [0.2, 0.25) is 0 Å². The van der Waals surface area contributed by atoms with Crippen molar-refractivity contribution in [3.05, 3.63) is 40.6 Å². The molecule has 1 heterocycles. The number of carbonyl (C=O) groups excluding carboxylic acids is 2. The Morgan fingerprint density at radius 2 is 2.05 bits per heavy atom. The molecular weight excluding hydrogens is 289 g/mol. The number of rotatable bonds is 3. The zero-order chi connectivity index (χ0) is 14.0. The Morgan fingerprint density at radius 3 is 2.63 bits per heavy atom. The molecular formula is C12H7FNO3S2-. The molecule has 0 spiro atoms. The third-order valence-electron chi connectivity index (χ3n) is 2.33. The standard InChI is InChI=1S/C12H8FNO3S2/c13-8-3-1-7(2-4-8)5-9-11(17)14(6-10(15)16)12(18)19-9/h1-5H,6H2,(H,15,16)/p-1. The number of carboxylic acid groups (broad SMARTS) is 1. The molecule has 0 bridgehead atoms. The fourth-order valence-corrected chi connectivity index (χ4v) is 2.73. The first-order valence-corrected chi connectivity index (χ1v) is 6.40. The van der Waals surface area contributed by atoms with E-state index in [1.54, 1.807) is 0 Å². The summed E-state index contributed by atoms with van der Waals surface area (Å²) in [6.07, 6.45) is 1.54. The molecule has 1 aromatic carbocycles. The number of benzene rings is 1. The lowest BCUT2D eigenvalue weighted by molar-refractivity contribution is -0.305. The number of thioether (sulfide) groups is 1. The summed E-state index contributed by atoms with van der Waals surface area (Å²) in [7, 11) is 0.